The van der Waals surface area contributed by atoms with E-state index in [1.54, 1.807) is 0 Å². The monoisotopic (exact) mass is 281 g/mol. The van der Waals surface area contributed by atoms with Crippen molar-refractivity contribution in [3.8, 4) is 0 Å². The predicted molar refractivity (Wildman–Crippen MR) is 76.7 cm³/mol. The number of anilines is 1. The summed E-state index contributed by atoms with van der Waals surface area (Å²) in [6, 6.07) is 0. The minimum Gasteiger partial charge on any atom is -0.396 e. The summed E-state index contributed by atoms with van der Waals surface area (Å²) in [4.78, 5) is 21.8. The number of oxime groups is 1. The summed E-state index contributed by atoms with van der Waals surface area (Å²) in [5.74, 6) is -0.103. The number of nitrogens with zero attached hydrogens (tertiary/aromatic N) is 2. The lowest BCUT2D eigenvalue weighted by Crippen LogP contribution is -2.26. The average molecular weight is 281 g/mol. The fourth-order valence-corrected chi connectivity index (χ4v) is 3.17. The highest BCUT2D eigenvalue weighted by Gasteiger charge is 2.33. The van der Waals surface area contributed by atoms with Gasteiger partial charge in [0.15, 0.2) is 5.13 Å². The molecule has 0 saturated carbocycles. The van der Waals surface area contributed by atoms with Gasteiger partial charge in [-0.1, -0.05) is 30.3 Å². The van der Waals surface area contributed by atoms with Crippen LogP contribution in [-0.4, -0.2) is 23.2 Å². The zero-order valence-electron chi connectivity index (χ0n) is 11.7. The van der Waals surface area contributed by atoms with Gasteiger partial charge in [-0.3, -0.25) is 4.79 Å². The Bertz CT molecular complexity index is 520. The zero-order chi connectivity index (χ0) is 14.0. The highest BCUT2D eigenvalue weighted by molar-refractivity contribution is 7.17. The van der Waals surface area contributed by atoms with Crippen molar-refractivity contribution in [2.75, 3.05) is 11.9 Å². The summed E-state index contributed by atoms with van der Waals surface area (Å²) in [5, 5.41) is 7.58. The van der Waals surface area contributed by atoms with E-state index in [0.717, 1.165) is 29.1 Å². The van der Waals surface area contributed by atoms with Crippen LogP contribution in [0.1, 0.15) is 44.7 Å². The maximum atomic E-state index is 11.1. The number of carbonyl (C=O) groups is 1. The van der Waals surface area contributed by atoms with Gasteiger partial charge in [-0.2, -0.15) is 0 Å². The average Bonchev–Trinajstić information content (AvgIpc) is 2.65. The van der Waals surface area contributed by atoms with E-state index in [2.05, 4.69) is 29.3 Å². The van der Waals surface area contributed by atoms with Gasteiger partial charge in [-0.25, -0.2) is 4.98 Å². The first-order valence-corrected chi connectivity index (χ1v) is 7.19. The van der Waals surface area contributed by atoms with Crippen molar-refractivity contribution in [1.82, 2.24) is 4.98 Å². The Morgan fingerprint density at radius 2 is 2.26 bits per heavy atom. The number of fused-ring (bicyclic) bond motifs is 1. The molecule has 0 radical (unpaired) electrons. The molecule has 5 nitrogen and oxygen atoms in total. The number of carbonyl (C=O) groups excluding carboxylic acids is 1. The quantitative estimate of drug-likeness (QED) is 0.866. The minimum absolute atomic E-state index is 0.103. The summed E-state index contributed by atoms with van der Waals surface area (Å²) in [5.41, 5.74) is 2.05. The van der Waals surface area contributed by atoms with Crippen LogP contribution in [0, 0.1) is 5.41 Å². The molecule has 1 aliphatic carbocycles. The molecule has 0 atom stereocenters. The highest BCUT2D eigenvalue weighted by atomic mass is 32.1. The molecule has 0 bridgehead atoms. The molecule has 19 heavy (non-hydrogen) atoms. The molecule has 0 unspecified atom stereocenters. The molecule has 2 rings (SSSR count). The van der Waals surface area contributed by atoms with Gasteiger partial charge in [-0.05, 0) is 25.2 Å². The van der Waals surface area contributed by atoms with E-state index in [1.807, 2.05) is 6.92 Å². The van der Waals surface area contributed by atoms with Gasteiger partial charge in [0.25, 0.3) is 0 Å². The fourth-order valence-electron chi connectivity index (χ4n) is 2.17. The molecule has 1 aromatic heterocycles. The Hall–Kier alpha value is -1.43. The van der Waals surface area contributed by atoms with Crippen molar-refractivity contribution in [2.45, 2.75) is 40.5 Å². The van der Waals surface area contributed by atoms with Crippen LogP contribution in [0.4, 0.5) is 5.13 Å². The van der Waals surface area contributed by atoms with E-state index in [9.17, 15) is 4.79 Å². The zero-order valence-corrected chi connectivity index (χ0v) is 12.6. The van der Waals surface area contributed by atoms with Crippen LogP contribution < -0.4 is 5.32 Å². The molecule has 0 aromatic carbocycles. The number of amides is 1. The summed E-state index contributed by atoms with van der Waals surface area (Å²) < 4.78 is 0. The standard InChI is InChI=1S/C13H19N3O2S/c1-5-18-16-10-7-13(3,4)6-9-11(10)19-12(15-9)14-8(2)17/h5-7H2,1-4H3,(H,14,15,17)/b16-10+. The second-order valence-electron chi connectivity index (χ2n) is 5.45. The number of aromatic nitrogens is 1. The third kappa shape index (κ3) is 3.32. The Balaban J connectivity index is 2.35. The minimum atomic E-state index is -0.103. The SMILES string of the molecule is CCO/N=C1\CC(C)(C)Cc2nc(NC(C)=O)sc21. The smallest absolute Gasteiger partial charge is 0.223 e. The number of hydrogen-bond acceptors (Lipinski definition) is 5. The molecule has 1 heterocycles. The highest BCUT2D eigenvalue weighted by Crippen LogP contribution is 2.38. The van der Waals surface area contributed by atoms with Crippen molar-refractivity contribution in [3.05, 3.63) is 10.6 Å². The molecule has 1 aromatic rings. The van der Waals surface area contributed by atoms with E-state index in [0.29, 0.717) is 11.7 Å². The summed E-state index contributed by atoms with van der Waals surface area (Å²) >= 11 is 1.47. The Morgan fingerprint density at radius 1 is 1.53 bits per heavy atom. The Labute approximate surface area is 117 Å². The van der Waals surface area contributed by atoms with Gasteiger partial charge in [0.2, 0.25) is 5.91 Å². The molecule has 1 aliphatic rings. The van der Waals surface area contributed by atoms with Crippen molar-refractivity contribution >= 4 is 28.1 Å². The predicted octanol–water partition coefficient (Wildman–Crippen LogP) is 2.81. The van der Waals surface area contributed by atoms with Gasteiger partial charge in [0.1, 0.15) is 6.61 Å². The van der Waals surface area contributed by atoms with E-state index in [-0.39, 0.29) is 11.3 Å². The van der Waals surface area contributed by atoms with Crippen molar-refractivity contribution in [2.24, 2.45) is 10.6 Å². The van der Waals surface area contributed by atoms with Crippen LogP contribution >= 0.6 is 11.3 Å². The van der Waals surface area contributed by atoms with E-state index in [4.69, 9.17) is 4.84 Å². The van der Waals surface area contributed by atoms with Crippen LogP contribution in [0.15, 0.2) is 5.16 Å². The van der Waals surface area contributed by atoms with Crippen LogP contribution in [0.5, 0.6) is 0 Å². The van der Waals surface area contributed by atoms with Gasteiger partial charge >= 0.3 is 0 Å². The second kappa shape index (κ2) is 5.28. The van der Waals surface area contributed by atoms with Crippen LogP contribution in [0.2, 0.25) is 0 Å². The lowest BCUT2D eigenvalue weighted by Gasteiger charge is -2.28. The van der Waals surface area contributed by atoms with E-state index in [1.165, 1.54) is 18.3 Å². The van der Waals surface area contributed by atoms with Crippen molar-refractivity contribution < 1.29 is 9.63 Å². The summed E-state index contributed by atoms with van der Waals surface area (Å²) in [6.45, 7) is 8.33. The number of rotatable bonds is 3. The topological polar surface area (TPSA) is 63.6 Å². The molecule has 104 valence electrons. The largest absolute Gasteiger partial charge is 0.396 e. The molecule has 0 saturated heterocycles. The first kappa shape index (κ1) is 14.0. The van der Waals surface area contributed by atoms with E-state index >= 15 is 0 Å². The van der Waals surface area contributed by atoms with Gasteiger partial charge in [-0.15, -0.1) is 0 Å². The molecule has 0 aliphatic heterocycles. The van der Waals surface area contributed by atoms with E-state index < -0.39 is 0 Å². The van der Waals surface area contributed by atoms with Crippen LogP contribution in [0.25, 0.3) is 0 Å². The fraction of sp³-hybridized carbons (Fsp3) is 0.615. The number of nitrogens with one attached hydrogen (secondary N) is 1. The molecule has 0 spiro atoms. The first-order valence-electron chi connectivity index (χ1n) is 6.38. The lowest BCUT2D eigenvalue weighted by atomic mass is 9.78. The van der Waals surface area contributed by atoms with Gasteiger partial charge < -0.3 is 10.2 Å². The van der Waals surface area contributed by atoms with Gasteiger partial charge in [0.05, 0.1) is 16.3 Å². The summed E-state index contributed by atoms with van der Waals surface area (Å²) in [7, 11) is 0. The maximum absolute atomic E-state index is 11.1. The molecule has 6 heteroatoms. The number of hydrogen-bond donors (Lipinski definition) is 1. The maximum Gasteiger partial charge on any atom is 0.223 e. The van der Waals surface area contributed by atoms with Crippen LogP contribution in [0.3, 0.4) is 0 Å². The third-order valence-corrected chi connectivity index (χ3v) is 3.90. The molecule has 1 N–H and O–H groups in total. The molecule has 1 amide bonds. The normalized spacial score (nSPS) is 19.1. The number of thiazole rings is 1. The van der Waals surface area contributed by atoms with Crippen LogP contribution in [-0.2, 0) is 16.1 Å². The Kier molecular flexibility index (Phi) is 3.89. The van der Waals surface area contributed by atoms with Crippen molar-refractivity contribution in [3.63, 3.8) is 0 Å². The lowest BCUT2D eigenvalue weighted by molar-refractivity contribution is -0.114. The van der Waals surface area contributed by atoms with Crippen molar-refractivity contribution in [1.29, 1.82) is 0 Å². The van der Waals surface area contributed by atoms with Gasteiger partial charge in [0, 0.05) is 6.92 Å². The molecule has 0 fully saturated rings. The molecular weight excluding hydrogens is 262 g/mol. The summed E-state index contributed by atoms with van der Waals surface area (Å²) in [6.07, 6.45) is 1.76. The Morgan fingerprint density at radius 3 is 2.89 bits per heavy atom. The third-order valence-electron chi connectivity index (χ3n) is 2.84. The second-order valence-corrected chi connectivity index (χ2v) is 6.45. The molecular formula is C13H19N3O2S. The first-order chi connectivity index (χ1) is 8.91.